The number of oxime groups is 1. The first-order valence-electron chi connectivity index (χ1n) is 10.9. The van der Waals surface area contributed by atoms with E-state index in [4.69, 9.17) is 10.6 Å². The first kappa shape index (κ1) is 24.6. The Morgan fingerprint density at radius 1 is 1.20 bits per heavy atom. The summed E-state index contributed by atoms with van der Waals surface area (Å²) in [6.45, 7) is 1.39. The lowest BCUT2D eigenvalue weighted by atomic mass is 9.96. The molecule has 2 atom stereocenters. The lowest BCUT2D eigenvalue weighted by molar-refractivity contribution is -0.138. The summed E-state index contributed by atoms with van der Waals surface area (Å²) in [6.07, 6.45) is 0.914. The Labute approximate surface area is 202 Å². The summed E-state index contributed by atoms with van der Waals surface area (Å²) in [7, 11) is -4.08. The van der Waals surface area contributed by atoms with Gasteiger partial charge in [0.2, 0.25) is 10.0 Å². The molecule has 1 spiro atoms. The van der Waals surface area contributed by atoms with Crippen LogP contribution in [-0.2, 0) is 31.0 Å². The van der Waals surface area contributed by atoms with Crippen LogP contribution in [0.3, 0.4) is 0 Å². The SMILES string of the molecule is Nc1cccc(CN2CC[C@]3(CC(C(=O)NCC(NS(=O)(=O)c4ccccc4)C(=O)O)=NO3)C2)n1. The smallest absolute Gasteiger partial charge is 0.323 e. The minimum absolute atomic E-state index is 0.0766. The van der Waals surface area contributed by atoms with Gasteiger partial charge in [-0.25, -0.2) is 13.4 Å². The fourth-order valence-corrected chi connectivity index (χ4v) is 5.28. The minimum atomic E-state index is -4.08. The molecule has 35 heavy (non-hydrogen) atoms. The van der Waals surface area contributed by atoms with Gasteiger partial charge in [0.25, 0.3) is 5.91 Å². The number of aliphatic carboxylic acids is 1. The third-order valence-electron chi connectivity index (χ3n) is 5.83. The molecule has 2 aromatic rings. The van der Waals surface area contributed by atoms with Crippen molar-refractivity contribution in [2.75, 3.05) is 25.4 Å². The van der Waals surface area contributed by atoms with Crippen LogP contribution in [0.1, 0.15) is 18.5 Å². The van der Waals surface area contributed by atoms with E-state index < -0.39 is 40.1 Å². The molecule has 5 N–H and O–H groups in total. The fraction of sp³-hybridized carbons (Fsp3) is 0.364. The zero-order chi connectivity index (χ0) is 25.1. The second kappa shape index (κ2) is 9.98. The summed E-state index contributed by atoms with van der Waals surface area (Å²) < 4.78 is 27.0. The fourth-order valence-electron chi connectivity index (χ4n) is 4.07. The second-order valence-corrected chi connectivity index (χ2v) is 10.3. The Balaban J connectivity index is 1.30. The number of hydrogen-bond donors (Lipinski definition) is 4. The van der Waals surface area contributed by atoms with E-state index in [2.05, 4.69) is 25.1 Å². The molecule has 0 aliphatic carbocycles. The monoisotopic (exact) mass is 502 g/mol. The molecule has 0 radical (unpaired) electrons. The predicted molar refractivity (Wildman–Crippen MR) is 126 cm³/mol. The molecule has 1 saturated heterocycles. The van der Waals surface area contributed by atoms with Gasteiger partial charge in [-0.1, -0.05) is 29.4 Å². The number of amides is 1. The number of anilines is 1. The van der Waals surface area contributed by atoms with Gasteiger partial charge in [-0.3, -0.25) is 14.5 Å². The topological polar surface area (TPSA) is 176 Å². The van der Waals surface area contributed by atoms with E-state index in [0.717, 1.165) is 12.2 Å². The summed E-state index contributed by atoms with van der Waals surface area (Å²) in [5.74, 6) is -1.59. The van der Waals surface area contributed by atoms with Gasteiger partial charge in [0.15, 0.2) is 5.60 Å². The molecule has 0 saturated carbocycles. The van der Waals surface area contributed by atoms with E-state index in [1.807, 2.05) is 12.1 Å². The maximum atomic E-state index is 12.6. The highest BCUT2D eigenvalue weighted by atomic mass is 32.2. The quantitative estimate of drug-likeness (QED) is 0.366. The predicted octanol–water partition coefficient (Wildman–Crippen LogP) is -0.0675. The number of nitrogens with zero attached hydrogens (tertiary/aromatic N) is 3. The lowest BCUT2D eigenvalue weighted by Gasteiger charge is -2.21. The molecular formula is C22H26N6O6S. The highest BCUT2D eigenvalue weighted by molar-refractivity contribution is 7.89. The number of sulfonamides is 1. The van der Waals surface area contributed by atoms with Crippen molar-refractivity contribution in [2.45, 2.75) is 35.9 Å². The molecular weight excluding hydrogens is 476 g/mol. The number of hydrogen-bond acceptors (Lipinski definition) is 9. The van der Waals surface area contributed by atoms with E-state index in [9.17, 15) is 23.1 Å². The Morgan fingerprint density at radius 2 is 1.97 bits per heavy atom. The van der Waals surface area contributed by atoms with Gasteiger partial charge in [0.1, 0.15) is 17.6 Å². The summed E-state index contributed by atoms with van der Waals surface area (Å²) in [5, 5.41) is 15.8. The van der Waals surface area contributed by atoms with Crippen molar-refractivity contribution in [1.29, 1.82) is 0 Å². The molecule has 1 aromatic carbocycles. The number of nitrogens with one attached hydrogen (secondary N) is 2. The van der Waals surface area contributed by atoms with Gasteiger partial charge >= 0.3 is 5.97 Å². The summed E-state index contributed by atoms with van der Waals surface area (Å²) >= 11 is 0. The zero-order valence-corrected chi connectivity index (χ0v) is 19.6. The van der Waals surface area contributed by atoms with Crippen LogP contribution >= 0.6 is 0 Å². The number of carbonyl (C=O) groups excluding carboxylic acids is 1. The van der Waals surface area contributed by atoms with Crippen molar-refractivity contribution in [3.63, 3.8) is 0 Å². The van der Waals surface area contributed by atoms with Gasteiger partial charge < -0.3 is 21.0 Å². The summed E-state index contributed by atoms with van der Waals surface area (Å²) in [4.78, 5) is 36.2. The van der Waals surface area contributed by atoms with Crippen molar-refractivity contribution in [2.24, 2.45) is 5.16 Å². The van der Waals surface area contributed by atoms with Crippen LogP contribution in [0, 0.1) is 0 Å². The zero-order valence-electron chi connectivity index (χ0n) is 18.8. The maximum Gasteiger partial charge on any atom is 0.323 e. The number of nitrogen functional groups attached to an aromatic ring is 1. The third kappa shape index (κ3) is 5.93. The van der Waals surface area contributed by atoms with Crippen molar-refractivity contribution >= 4 is 33.4 Å². The molecule has 1 amide bonds. The second-order valence-electron chi connectivity index (χ2n) is 8.54. The molecule has 1 aromatic heterocycles. The number of likely N-dealkylation sites (tertiary alicyclic amines) is 1. The van der Waals surface area contributed by atoms with Crippen LogP contribution in [0.5, 0.6) is 0 Å². The van der Waals surface area contributed by atoms with Gasteiger partial charge in [0, 0.05) is 39.0 Å². The van der Waals surface area contributed by atoms with Crippen LogP contribution in [0.4, 0.5) is 5.82 Å². The molecule has 4 rings (SSSR count). The minimum Gasteiger partial charge on any atom is -0.480 e. The van der Waals surface area contributed by atoms with Gasteiger partial charge in [-0.05, 0) is 24.3 Å². The van der Waals surface area contributed by atoms with Crippen LogP contribution in [0.25, 0.3) is 0 Å². The first-order chi connectivity index (χ1) is 16.7. The number of rotatable bonds is 9. The molecule has 2 aliphatic heterocycles. The van der Waals surface area contributed by atoms with Crippen LogP contribution in [0.2, 0.25) is 0 Å². The maximum absolute atomic E-state index is 12.6. The molecule has 1 fully saturated rings. The lowest BCUT2D eigenvalue weighted by Crippen LogP contribution is -2.49. The molecule has 186 valence electrons. The average molecular weight is 503 g/mol. The Bertz CT molecular complexity index is 1240. The van der Waals surface area contributed by atoms with Gasteiger partial charge in [-0.2, -0.15) is 4.72 Å². The molecule has 2 aliphatic rings. The number of benzene rings is 1. The van der Waals surface area contributed by atoms with Crippen LogP contribution in [-0.4, -0.2) is 72.3 Å². The number of aromatic nitrogens is 1. The number of nitrogens with two attached hydrogens (primary N) is 1. The van der Waals surface area contributed by atoms with Crippen molar-refractivity contribution in [1.82, 2.24) is 19.9 Å². The van der Waals surface area contributed by atoms with Crippen molar-refractivity contribution < 1.29 is 28.0 Å². The van der Waals surface area contributed by atoms with Crippen molar-refractivity contribution in [3.8, 4) is 0 Å². The molecule has 1 unspecified atom stereocenters. The van der Waals surface area contributed by atoms with Gasteiger partial charge in [-0.15, -0.1) is 0 Å². The number of carbonyl (C=O) groups is 2. The van der Waals surface area contributed by atoms with E-state index in [1.165, 1.54) is 24.3 Å². The Morgan fingerprint density at radius 3 is 2.69 bits per heavy atom. The highest BCUT2D eigenvalue weighted by Crippen LogP contribution is 2.34. The Hall–Kier alpha value is -3.55. The molecule has 0 bridgehead atoms. The number of pyridine rings is 1. The normalized spacial score (nSPS) is 20.9. The summed E-state index contributed by atoms with van der Waals surface area (Å²) in [6, 6.07) is 11.3. The highest BCUT2D eigenvalue weighted by Gasteiger charge is 2.46. The van der Waals surface area contributed by atoms with E-state index in [0.29, 0.717) is 25.3 Å². The largest absolute Gasteiger partial charge is 0.480 e. The first-order valence-corrected chi connectivity index (χ1v) is 12.4. The van der Waals surface area contributed by atoms with E-state index in [1.54, 1.807) is 12.1 Å². The van der Waals surface area contributed by atoms with Crippen molar-refractivity contribution in [3.05, 3.63) is 54.2 Å². The van der Waals surface area contributed by atoms with Gasteiger partial charge in [0.05, 0.1) is 10.6 Å². The van der Waals surface area contributed by atoms with Crippen LogP contribution in [0.15, 0.2) is 58.6 Å². The molecule has 12 nitrogen and oxygen atoms in total. The standard InChI is InChI=1S/C22H26N6O6S/c23-19-8-4-5-15(25-19)13-28-10-9-22(14-28)11-17(26-34-22)20(29)24-12-18(21(30)31)27-35(32,33)16-6-2-1-3-7-16/h1-8,18,27H,9-14H2,(H2,23,25)(H,24,29)(H,30,31)/t18?,22-/m0/s1. The molecule has 13 heteroatoms. The number of carboxylic acids is 1. The van der Waals surface area contributed by atoms with E-state index in [-0.39, 0.29) is 17.0 Å². The Kier molecular flexibility index (Phi) is 7.00. The third-order valence-corrected chi connectivity index (χ3v) is 7.31. The summed E-state index contributed by atoms with van der Waals surface area (Å²) in [5.41, 5.74) is 6.05. The van der Waals surface area contributed by atoms with E-state index >= 15 is 0 Å². The number of carboxylic acid groups (broad SMARTS) is 1. The average Bonchev–Trinajstić information content (AvgIpc) is 3.43. The molecule has 3 heterocycles. The van der Waals surface area contributed by atoms with Crippen LogP contribution < -0.4 is 15.8 Å².